The molecule has 1 aliphatic rings. The third-order valence-corrected chi connectivity index (χ3v) is 6.37. The van der Waals surface area contributed by atoms with E-state index in [0.29, 0.717) is 16.1 Å². The molecule has 0 radical (unpaired) electrons. The molecule has 0 saturated carbocycles. The Hall–Kier alpha value is -3.73. The Morgan fingerprint density at radius 3 is 2.35 bits per heavy atom. The van der Waals surface area contributed by atoms with Gasteiger partial charge in [-0.15, -0.1) is 0 Å². The lowest BCUT2D eigenvalue weighted by atomic mass is 10.00. The molecule has 4 N–H and O–H groups in total. The third-order valence-electron chi connectivity index (χ3n) is 5.21. The summed E-state index contributed by atoms with van der Waals surface area (Å²) in [5.41, 5.74) is 1.23. The molecule has 0 aromatic heterocycles. The Bertz CT molecular complexity index is 1380. The zero-order chi connectivity index (χ0) is 24.5. The van der Waals surface area contributed by atoms with E-state index < -0.39 is 40.3 Å². The summed E-state index contributed by atoms with van der Waals surface area (Å²) in [6, 6.07) is 17.6. The average molecular weight is 499 g/mol. The predicted molar refractivity (Wildman–Crippen MR) is 127 cm³/mol. The quantitative estimate of drug-likeness (QED) is 0.496. The second-order valence-electron chi connectivity index (χ2n) is 7.48. The molecule has 4 rings (SSSR count). The number of sulfonamides is 1. The number of nitrogens with two attached hydrogens (primary N) is 1. The van der Waals surface area contributed by atoms with Gasteiger partial charge in [0.2, 0.25) is 15.9 Å². The topological polar surface area (TPSA) is 139 Å². The molecular weight excluding hydrogens is 480 g/mol. The first-order chi connectivity index (χ1) is 16.1. The van der Waals surface area contributed by atoms with Crippen LogP contribution in [0.5, 0.6) is 0 Å². The first-order valence-corrected chi connectivity index (χ1v) is 12.0. The van der Waals surface area contributed by atoms with Gasteiger partial charge in [0.05, 0.1) is 22.8 Å². The fraction of sp³-hybridized carbons (Fsp3) is 0.0870. The van der Waals surface area contributed by atoms with Crippen LogP contribution in [-0.2, 0) is 19.6 Å². The Morgan fingerprint density at radius 1 is 1.03 bits per heavy atom. The summed E-state index contributed by atoms with van der Waals surface area (Å²) in [7, 11) is -4.03. The minimum Gasteiger partial charge on any atom is -0.343 e. The zero-order valence-corrected chi connectivity index (χ0v) is 19.1. The van der Waals surface area contributed by atoms with Crippen LogP contribution in [0.15, 0.2) is 77.7 Å². The van der Waals surface area contributed by atoms with Gasteiger partial charge >= 0.3 is 0 Å². The molecule has 0 saturated heterocycles. The first-order valence-electron chi connectivity index (χ1n) is 10.0. The standard InChI is InChI=1S/C23H19ClN4O5S/c24-16-8-6-15(7-9-16)22(30)26-13-20(29)28-19-11-10-17(34(25,32)33)12-18(19)27-23(31)21(28)14-4-2-1-3-5-14/h1-12,21H,13H2,(H,26,30)(H,27,31)(H2,25,32,33). The van der Waals surface area contributed by atoms with Gasteiger partial charge in [-0.3, -0.25) is 19.3 Å². The number of hydrogen-bond acceptors (Lipinski definition) is 5. The van der Waals surface area contributed by atoms with Gasteiger partial charge in [0.25, 0.3) is 11.8 Å². The van der Waals surface area contributed by atoms with Crippen LogP contribution in [0.2, 0.25) is 5.02 Å². The molecule has 3 aromatic carbocycles. The summed E-state index contributed by atoms with van der Waals surface area (Å²) in [6.45, 7) is -0.408. The van der Waals surface area contributed by atoms with E-state index in [-0.39, 0.29) is 16.3 Å². The van der Waals surface area contributed by atoms with E-state index in [4.69, 9.17) is 16.7 Å². The van der Waals surface area contributed by atoms with Crippen molar-refractivity contribution in [2.24, 2.45) is 5.14 Å². The summed E-state index contributed by atoms with van der Waals surface area (Å²) in [6.07, 6.45) is 0. The van der Waals surface area contributed by atoms with Crippen LogP contribution in [-0.4, -0.2) is 32.7 Å². The summed E-state index contributed by atoms with van der Waals surface area (Å²) < 4.78 is 23.5. The second kappa shape index (κ2) is 9.26. The molecule has 3 aromatic rings. The van der Waals surface area contributed by atoms with Crippen molar-refractivity contribution in [3.63, 3.8) is 0 Å². The molecule has 1 aliphatic heterocycles. The maximum Gasteiger partial charge on any atom is 0.252 e. The summed E-state index contributed by atoms with van der Waals surface area (Å²) in [4.78, 5) is 39.9. The van der Waals surface area contributed by atoms with Gasteiger partial charge in [0.15, 0.2) is 0 Å². The van der Waals surface area contributed by atoms with Gasteiger partial charge < -0.3 is 10.6 Å². The molecule has 9 nitrogen and oxygen atoms in total. The van der Waals surface area contributed by atoms with Crippen molar-refractivity contribution in [2.75, 3.05) is 16.8 Å². The first kappa shape index (κ1) is 23.4. The van der Waals surface area contributed by atoms with Crippen LogP contribution in [0.4, 0.5) is 11.4 Å². The van der Waals surface area contributed by atoms with Crippen molar-refractivity contribution in [1.82, 2.24) is 5.32 Å². The molecule has 1 atom stereocenters. The number of fused-ring (bicyclic) bond motifs is 1. The highest BCUT2D eigenvalue weighted by Gasteiger charge is 2.38. The Morgan fingerprint density at radius 2 is 1.71 bits per heavy atom. The van der Waals surface area contributed by atoms with Crippen LogP contribution >= 0.6 is 11.6 Å². The molecule has 1 heterocycles. The van der Waals surface area contributed by atoms with Gasteiger partial charge in [-0.2, -0.15) is 0 Å². The molecule has 3 amide bonds. The minimum absolute atomic E-state index is 0.112. The number of carbonyl (C=O) groups is 3. The zero-order valence-electron chi connectivity index (χ0n) is 17.6. The van der Waals surface area contributed by atoms with Crippen molar-refractivity contribution in [1.29, 1.82) is 0 Å². The molecule has 174 valence electrons. The number of hydrogen-bond donors (Lipinski definition) is 3. The number of nitrogens with one attached hydrogen (secondary N) is 2. The molecule has 0 bridgehead atoms. The SMILES string of the molecule is NS(=O)(=O)c1ccc2c(c1)NC(=O)C(c1ccccc1)N2C(=O)CNC(=O)c1ccc(Cl)cc1. The number of amides is 3. The highest BCUT2D eigenvalue weighted by atomic mass is 35.5. The molecule has 0 spiro atoms. The van der Waals surface area contributed by atoms with E-state index >= 15 is 0 Å². The van der Waals surface area contributed by atoms with E-state index in [2.05, 4.69) is 10.6 Å². The fourth-order valence-corrected chi connectivity index (χ4v) is 4.28. The number of benzene rings is 3. The van der Waals surface area contributed by atoms with Gasteiger partial charge in [-0.25, -0.2) is 13.6 Å². The molecule has 11 heteroatoms. The van der Waals surface area contributed by atoms with E-state index in [1.807, 2.05) is 0 Å². The molecular formula is C23H19ClN4O5S. The predicted octanol–water partition coefficient (Wildman–Crippen LogP) is 2.44. The van der Waals surface area contributed by atoms with Crippen molar-refractivity contribution >= 4 is 50.7 Å². The second-order valence-corrected chi connectivity index (χ2v) is 9.48. The Labute approximate surface area is 200 Å². The maximum atomic E-state index is 13.3. The highest BCUT2D eigenvalue weighted by molar-refractivity contribution is 7.89. The van der Waals surface area contributed by atoms with Crippen LogP contribution in [0, 0.1) is 0 Å². The summed E-state index contributed by atoms with van der Waals surface area (Å²) in [5, 5.41) is 10.9. The van der Waals surface area contributed by atoms with Gasteiger partial charge in [-0.1, -0.05) is 41.9 Å². The maximum absolute atomic E-state index is 13.3. The van der Waals surface area contributed by atoms with Crippen molar-refractivity contribution < 1.29 is 22.8 Å². The number of rotatable bonds is 5. The van der Waals surface area contributed by atoms with Gasteiger partial charge in [0.1, 0.15) is 6.04 Å². The van der Waals surface area contributed by atoms with E-state index in [9.17, 15) is 22.8 Å². The Balaban J connectivity index is 1.68. The van der Waals surface area contributed by atoms with Gasteiger partial charge in [-0.05, 0) is 48.0 Å². The van der Waals surface area contributed by atoms with E-state index in [1.54, 1.807) is 42.5 Å². The van der Waals surface area contributed by atoms with Crippen molar-refractivity contribution in [3.8, 4) is 0 Å². The number of carbonyl (C=O) groups excluding carboxylic acids is 3. The highest BCUT2D eigenvalue weighted by Crippen LogP contribution is 2.39. The summed E-state index contributed by atoms with van der Waals surface area (Å²) in [5.74, 6) is -1.61. The molecule has 34 heavy (non-hydrogen) atoms. The number of halogens is 1. The fourth-order valence-electron chi connectivity index (χ4n) is 3.62. The van der Waals surface area contributed by atoms with Crippen LogP contribution in [0.1, 0.15) is 22.0 Å². The minimum atomic E-state index is -4.03. The number of nitrogens with zero attached hydrogens (tertiary/aromatic N) is 1. The van der Waals surface area contributed by atoms with Crippen molar-refractivity contribution in [3.05, 3.63) is 88.9 Å². The molecule has 1 unspecified atom stereocenters. The van der Waals surface area contributed by atoms with E-state index in [0.717, 1.165) is 0 Å². The lowest BCUT2D eigenvalue weighted by molar-refractivity contribution is -0.123. The van der Waals surface area contributed by atoms with Crippen LogP contribution in [0.3, 0.4) is 0 Å². The monoisotopic (exact) mass is 498 g/mol. The van der Waals surface area contributed by atoms with Crippen LogP contribution < -0.4 is 20.7 Å². The molecule has 0 aliphatic carbocycles. The number of primary sulfonamides is 1. The Kier molecular flexibility index (Phi) is 6.38. The molecule has 0 fully saturated rings. The van der Waals surface area contributed by atoms with E-state index in [1.165, 1.54) is 35.2 Å². The lowest BCUT2D eigenvalue weighted by Crippen LogP contribution is -2.48. The largest absolute Gasteiger partial charge is 0.343 e. The smallest absolute Gasteiger partial charge is 0.252 e. The number of anilines is 2. The third kappa shape index (κ3) is 4.79. The average Bonchev–Trinajstić information content (AvgIpc) is 2.81. The lowest BCUT2D eigenvalue weighted by Gasteiger charge is -2.37. The van der Waals surface area contributed by atoms with Crippen LogP contribution in [0.25, 0.3) is 0 Å². The summed E-state index contributed by atoms with van der Waals surface area (Å²) >= 11 is 5.84. The van der Waals surface area contributed by atoms with Crippen molar-refractivity contribution in [2.45, 2.75) is 10.9 Å². The van der Waals surface area contributed by atoms with Gasteiger partial charge in [0, 0.05) is 10.6 Å². The normalized spacial score (nSPS) is 15.3.